The third kappa shape index (κ3) is 3.05. The van der Waals surface area contributed by atoms with Gasteiger partial charge in [-0.25, -0.2) is 0 Å². The first-order chi connectivity index (χ1) is 9.10. The number of nitriles is 1. The summed E-state index contributed by atoms with van der Waals surface area (Å²) in [6.45, 7) is 4.27. The number of nitrogens with zero attached hydrogens (tertiary/aromatic N) is 1. The fourth-order valence-corrected chi connectivity index (χ4v) is 1.78. The highest BCUT2D eigenvalue weighted by Gasteiger charge is 2.05. The lowest BCUT2D eigenvalue weighted by Gasteiger charge is -2.11. The van der Waals surface area contributed by atoms with Gasteiger partial charge in [0.1, 0.15) is 11.5 Å². The van der Waals surface area contributed by atoms with Crippen LogP contribution in [-0.4, -0.2) is 0 Å². The Balaban J connectivity index is 2.26. The average Bonchev–Trinajstić information content (AvgIpc) is 2.41. The van der Waals surface area contributed by atoms with Crippen LogP contribution >= 0.6 is 0 Å². The van der Waals surface area contributed by atoms with Crippen molar-refractivity contribution in [3.63, 3.8) is 0 Å². The largest absolute Gasteiger partial charge is 0.455 e. The van der Waals surface area contributed by atoms with Crippen LogP contribution in [0.5, 0.6) is 11.5 Å². The summed E-state index contributed by atoms with van der Waals surface area (Å²) < 4.78 is 5.77. The minimum Gasteiger partial charge on any atom is -0.455 e. The third-order valence-electron chi connectivity index (χ3n) is 2.89. The molecule has 0 amide bonds. The Bertz CT molecular complexity index is 627. The molecule has 0 aliphatic carbocycles. The van der Waals surface area contributed by atoms with Crippen LogP contribution in [0.3, 0.4) is 0 Å². The lowest BCUT2D eigenvalue weighted by atomic mass is 10.0. The third-order valence-corrected chi connectivity index (χ3v) is 2.89. The molecular weight excluding hydrogens is 236 g/mol. The Hall–Kier alpha value is -2.47. The van der Waals surface area contributed by atoms with E-state index in [4.69, 9.17) is 15.7 Å². The SMILES string of the molecule is CC(C)c1cccc(Oc2ccc(C#N)cc2N)c1. The van der Waals surface area contributed by atoms with Crippen LogP contribution in [-0.2, 0) is 0 Å². The zero-order valence-electron chi connectivity index (χ0n) is 11.1. The van der Waals surface area contributed by atoms with Gasteiger partial charge in [-0.2, -0.15) is 5.26 Å². The summed E-state index contributed by atoms with van der Waals surface area (Å²) in [5.41, 5.74) is 8.07. The molecule has 0 aliphatic heterocycles. The molecule has 19 heavy (non-hydrogen) atoms. The van der Waals surface area contributed by atoms with E-state index in [0.717, 1.165) is 5.75 Å². The molecule has 0 saturated heterocycles. The van der Waals surface area contributed by atoms with Crippen molar-refractivity contribution in [2.24, 2.45) is 0 Å². The molecule has 3 heteroatoms. The van der Waals surface area contributed by atoms with Crippen LogP contribution in [0.1, 0.15) is 30.9 Å². The molecule has 0 saturated carbocycles. The highest BCUT2D eigenvalue weighted by Crippen LogP contribution is 2.29. The lowest BCUT2D eigenvalue weighted by molar-refractivity contribution is 0.484. The molecular formula is C16H16N2O. The number of hydrogen-bond acceptors (Lipinski definition) is 3. The van der Waals surface area contributed by atoms with Gasteiger partial charge in [0.25, 0.3) is 0 Å². The molecule has 0 radical (unpaired) electrons. The Labute approximate surface area is 113 Å². The number of ether oxygens (including phenoxy) is 1. The van der Waals surface area contributed by atoms with Gasteiger partial charge in [0, 0.05) is 0 Å². The Morgan fingerprint density at radius 2 is 1.95 bits per heavy atom. The second kappa shape index (κ2) is 5.45. The summed E-state index contributed by atoms with van der Waals surface area (Å²) in [4.78, 5) is 0. The van der Waals surface area contributed by atoms with Crippen molar-refractivity contribution < 1.29 is 4.74 Å². The molecule has 96 valence electrons. The predicted molar refractivity (Wildman–Crippen MR) is 76.2 cm³/mol. The topological polar surface area (TPSA) is 59.0 Å². The van der Waals surface area contributed by atoms with Gasteiger partial charge >= 0.3 is 0 Å². The highest BCUT2D eigenvalue weighted by atomic mass is 16.5. The van der Waals surface area contributed by atoms with Crippen LogP contribution in [0.4, 0.5) is 5.69 Å². The fourth-order valence-electron chi connectivity index (χ4n) is 1.78. The summed E-state index contributed by atoms with van der Waals surface area (Å²) in [5.74, 6) is 1.77. The molecule has 3 nitrogen and oxygen atoms in total. The van der Waals surface area contributed by atoms with Crippen LogP contribution in [0.2, 0.25) is 0 Å². The van der Waals surface area contributed by atoms with E-state index >= 15 is 0 Å². The van der Waals surface area contributed by atoms with Gasteiger partial charge in [-0.05, 0) is 41.8 Å². The molecule has 0 fully saturated rings. The van der Waals surface area contributed by atoms with Gasteiger partial charge in [-0.15, -0.1) is 0 Å². The molecule has 2 aromatic carbocycles. The van der Waals surface area contributed by atoms with E-state index in [0.29, 0.717) is 22.9 Å². The smallest absolute Gasteiger partial charge is 0.150 e. The second-order valence-electron chi connectivity index (χ2n) is 4.69. The maximum Gasteiger partial charge on any atom is 0.150 e. The molecule has 0 unspecified atom stereocenters. The van der Waals surface area contributed by atoms with E-state index in [1.54, 1.807) is 18.2 Å². The van der Waals surface area contributed by atoms with Crippen molar-refractivity contribution in [3.8, 4) is 17.6 Å². The van der Waals surface area contributed by atoms with Crippen molar-refractivity contribution >= 4 is 5.69 Å². The Morgan fingerprint density at radius 3 is 2.58 bits per heavy atom. The lowest BCUT2D eigenvalue weighted by Crippen LogP contribution is -1.94. The number of rotatable bonds is 3. The first-order valence-electron chi connectivity index (χ1n) is 6.17. The maximum absolute atomic E-state index is 8.79. The van der Waals surface area contributed by atoms with Crippen molar-refractivity contribution in [1.82, 2.24) is 0 Å². The minimum atomic E-state index is 0.446. The molecule has 0 aliphatic rings. The Kier molecular flexibility index (Phi) is 3.72. The van der Waals surface area contributed by atoms with Gasteiger partial charge in [0.05, 0.1) is 17.3 Å². The normalized spacial score (nSPS) is 10.2. The summed E-state index contributed by atoms with van der Waals surface area (Å²) in [6, 6.07) is 15.0. The van der Waals surface area contributed by atoms with E-state index < -0.39 is 0 Å². The number of nitrogens with two attached hydrogens (primary N) is 1. The van der Waals surface area contributed by atoms with Gasteiger partial charge in [-0.1, -0.05) is 26.0 Å². The van der Waals surface area contributed by atoms with Gasteiger partial charge in [0.15, 0.2) is 0 Å². The summed E-state index contributed by atoms with van der Waals surface area (Å²) >= 11 is 0. The maximum atomic E-state index is 8.79. The number of benzene rings is 2. The van der Waals surface area contributed by atoms with Crippen LogP contribution in [0.25, 0.3) is 0 Å². The predicted octanol–water partition coefficient (Wildman–Crippen LogP) is 4.06. The van der Waals surface area contributed by atoms with E-state index in [-0.39, 0.29) is 0 Å². The monoisotopic (exact) mass is 252 g/mol. The number of anilines is 1. The van der Waals surface area contributed by atoms with Gasteiger partial charge in [0.2, 0.25) is 0 Å². The quantitative estimate of drug-likeness (QED) is 0.838. The Morgan fingerprint density at radius 1 is 1.16 bits per heavy atom. The summed E-state index contributed by atoms with van der Waals surface area (Å²) in [7, 11) is 0. The van der Waals surface area contributed by atoms with E-state index in [1.165, 1.54) is 5.56 Å². The molecule has 2 aromatic rings. The van der Waals surface area contributed by atoms with E-state index in [2.05, 4.69) is 19.9 Å². The minimum absolute atomic E-state index is 0.446. The summed E-state index contributed by atoms with van der Waals surface area (Å²) in [5, 5.41) is 8.79. The molecule has 2 rings (SSSR count). The molecule has 2 N–H and O–H groups in total. The highest BCUT2D eigenvalue weighted by molar-refractivity contribution is 5.57. The fraction of sp³-hybridized carbons (Fsp3) is 0.188. The van der Waals surface area contributed by atoms with Crippen LogP contribution in [0.15, 0.2) is 42.5 Å². The van der Waals surface area contributed by atoms with Gasteiger partial charge < -0.3 is 10.5 Å². The van der Waals surface area contributed by atoms with Crippen molar-refractivity contribution in [3.05, 3.63) is 53.6 Å². The van der Waals surface area contributed by atoms with Crippen molar-refractivity contribution in [1.29, 1.82) is 5.26 Å². The summed E-state index contributed by atoms with van der Waals surface area (Å²) in [6.07, 6.45) is 0. The number of nitrogen functional groups attached to an aromatic ring is 1. The average molecular weight is 252 g/mol. The first kappa shape index (κ1) is 13.0. The first-order valence-corrected chi connectivity index (χ1v) is 6.17. The van der Waals surface area contributed by atoms with E-state index in [1.807, 2.05) is 24.3 Å². The second-order valence-corrected chi connectivity index (χ2v) is 4.69. The molecule has 0 bridgehead atoms. The zero-order valence-corrected chi connectivity index (χ0v) is 11.1. The van der Waals surface area contributed by atoms with Crippen LogP contribution in [0, 0.1) is 11.3 Å². The number of hydrogen-bond donors (Lipinski definition) is 1. The molecule has 0 spiro atoms. The van der Waals surface area contributed by atoms with Gasteiger partial charge in [-0.3, -0.25) is 0 Å². The van der Waals surface area contributed by atoms with Crippen LogP contribution < -0.4 is 10.5 Å². The van der Waals surface area contributed by atoms with Crippen molar-refractivity contribution in [2.45, 2.75) is 19.8 Å². The standard InChI is InChI=1S/C16H16N2O/c1-11(2)13-4-3-5-14(9-13)19-16-7-6-12(10-17)8-15(16)18/h3-9,11H,18H2,1-2H3. The van der Waals surface area contributed by atoms with E-state index in [9.17, 15) is 0 Å². The molecule has 0 heterocycles. The zero-order chi connectivity index (χ0) is 13.8. The molecule has 0 atom stereocenters. The molecule has 0 aromatic heterocycles. The van der Waals surface area contributed by atoms with Crippen molar-refractivity contribution in [2.75, 3.05) is 5.73 Å².